The van der Waals surface area contributed by atoms with Crippen molar-refractivity contribution < 1.29 is 19.4 Å². The van der Waals surface area contributed by atoms with E-state index in [1.807, 2.05) is 13.8 Å². The highest BCUT2D eigenvalue weighted by molar-refractivity contribution is 5.83. The molecular weight excluding hydrogens is 198 g/mol. The van der Waals surface area contributed by atoms with E-state index in [9.17, 15) is 9.59 Å². The second kappa shape index (κ2) is 7.23. The van der Waals surface area contributed by atoms with Crippen LogP contribution in [0.1, 0.15) is 33.6 Å². The highest BCUT2D eigenvalue weighted by Crippen LogP contribution is 1.94. The van der Waals surface area contributed by atoms with Gasteiger partial charge in [-0.25, -0.2) is 4.79 Å². The van der Waals surface area contributed by atoms with E-state index in [1.54, 1.807) is 6.92 Å². The quantitative estimate of drug-likeness (QED) is 0.660. The summed E-state index contributed by atoms with van der Waals surface area (Å²) in [6.45, 7) is 5.79. The molecule has 0 aromatic heterocycles. The van der Waals surface area contributed by atoms with Crippen molar-refractivity contribution in [3.8, 4) is 0 Å². The van der Waals surface area contributed by atoms with Crippen LogP contribution in [-0.2, 0) is 14.3 Å². The molecule has 2 N–H and O–H groups in total. The molecule has 1 amide bonds. The van der Waals surface area contributed by atoms with Crippen LogP contribution in [0.2, 0.25) is 0 Å². The summed E-state index contributed by atoms with van der Waals surface area (Å²) >= 11 is 0. The predicted octanol–water partition coefficient (Wildman–Crippen LogP) is 0.781. The number of aliphatic carboxylic acids is 1. The first-order chi connectivity index (χ1) is 6.97. The Bertz CT molecular complexity index is 215. The number of ether oxygens (including phenoxy) is 1. The topological polar surface area (TPSA) is 75.6 Å². The Hall–Kier alpha value is -1.10. The second-order valence-electron chi connectivity index (χ2n) is 3.54. The normalized spacial score (nSPS) is 12.5. The highest BCUT2D eigenvalue weighted by atomic mass is 16.5. The lowest BCUT2D eigenvalue weighted by Crippen LogP contribution is -2.40. The average molecular weight is 217 g/mol. The van der Waals surface area contributed by atoms with Crippen molar-refractivity contribution in [1.29, 1.82) is 0 Å². The molecule has 0 saturated heterocycles. The molecule has 0 saturated carbocycles. The molecule has 0 bridgehead atoms. The fourth-order valence-electron chi connectivity index (χ4n) is 0.992. The molecule has 0 aromatic carbocycles. The maximum Gasteiger partial charge on any atom is 0.326 e. The first-order valence-corrected chi connectivity index (χ1v) is 5.11. The number of carboxylic acid groups (broad SMARTS) is 1. The van der Waals surface area contributed by atoms with Crippen LogP contribution in [0, 0.1) is 0 Å². The minimum absolute atomic E-state index is 0.0826. The summed E-state index contributed by atoms with van der Waals surface area (Å²) in [6, 6.07) is -0.795. The molecule has 0 rings (SSSR count). The van der Waals surface area contributed by atoms with Crippen molar-refractivity contribution in [2.45, 2.75) is 45.8 Å². The fraction of sp³-hybridized carbons (Fsp3) is 0.800. The van der Waals surface area contributed by atoms with Crippen LogP contribution in [-0.4, -0.2) is 35.7 Å². The third kappa shape index (κ3) is 6.90. The van der Waals surface area contributed by atoms with E-state index in [0.29, 0.717) is 13.0 Å². The molecule has 1 unspecified atom stereocenters. The maximum atomic E-state index is 11.2. The van der Waals surface area contributed by atoms with E-state index in [2.05, 4.69) is 5.32 Å². The van der Waals surface area contributed by atoms with Crippen LogP contribution < -0.4 is 5.32 Å². The number of amides is 1. The molecule has 0 radical (unpaired) electrons. The van der Waals surface area contributed by atoms with Crippen molar-refractivity contribution in [3.05, 3.63) is 0 Å². The Kier molecular flexibility index (Phi) is 6.70. The minimum Gasteiger partial charge on any atom is -0.480 e. The van der Waals surface area contributed by atoms with Crippen LogP contribution >= 0.6 is 0 Å². The molecule has 0 heterocycles. The lowest BCUT2D eigenvalue weighted by atomic mass is 10.2. The molecular formula is C10H19NO4. The molecule has 0 aliphatic rings. The summed E-state index contributed by atoms with van der Waals surface area (Å²) in [4.78, 5) is 21.8. The molecule has 0 fully saturated rings. The van der Waals surface area contributed by atoms with Gasteiger partial charge in [0.1, 0.15) is 6.04 Å². The van der Waals surface area contributed by atoms with E-state index in [1.165, 1.54) is 0 Å². The van der Waals surface area contributed by atoms with Crippen LogP contribution in [0.25, 0.3) is 0 Å². The SMILES string of the molecule is CCC(NC(=O)CCOC(C)C)C(=O)O. The van der Waals surface area contributed by atoms with E-state index >= 15 is 0 Å². The maximum absolute atomic E-state index is 11.2. The molecule has 0 aromatic rings. The monoisotopic (exact) mass is 217 g/mol. The van der Waals surface area contributed by atoms with Crippen molar-refractivity contribution in [2.24, 2.45) is 0 Å². The Morgan fingerprint density at radius 2 is 2.00 bits per heavy atom. The van der Waals surface area contributed by atoms with Crippen LogP contribution in [0.15, 0.2) is 0 Å². The summed E-state index contributed by atoms with van der Waals surface area (Å²) in [6.07, 6.45) is 0.660. The van der Waals surface area contributed by atoms with Gasteiger partial charge in [-0.15, -0.1) is 0 Å². The number of nitrogens with one attached hydrogen (secondary N) is 1. The zero-order chi connectivity index (χ0) is 11.8. The predicted molar refractivity (Wildman–Crippen MR) is 55.6 cm³/mol. The van der Waals surface area contributed by atoms with Gasteiger partial charge in [0.05, 0.1) is 12.7 Å². The molecule has 5 heteroatoms. The summed E-state index contributed by atoms with van der Waals surface area (Å²) in [5.41, 5.74) is 0. The first kappa shape index (κ1) is 13.9. The van der Waals surface area contributed by atoms with Crippen LogP contribution in [0.5, 0.6) is 0 Å². The lowest BCUT2D eigenvalue weighted by Gasteiger charge is -2.12. The smallest absolute Gasteiger partial charge is 0.326 e. The Morgan fingerprint density at radius 3 is 2.40 bits per heavy atom. The number of carboxylic acids is 1. The number of rotatable bonds is 7. The summed E-state index contributed by atoms with van der Waals surface area (Å²) in [5, 5.41) is 11.1. The second-order valence-corrected chi connectivity index (χ2v) is 3.54. The minimum atomic E-state index is -1.00. The zero-order valence-corrected chi connectivity index (χ0v) is 9.45. The van der Waals surface area contributed by atoms with Gasteiger partial charge in [-0.3, -0.25) is 4.79 Å². The molecule has 0 aliphatic carbocycles. The standard InChI is InChI=1S/C10H19NO4/c1-4-8(10(13)14)11-9(12)5-6-15-7(2)3/h7-8H,4-6H2,1-3H3,(H,11,12)(H,13,14). The van der Waals surface area contributed by atoms with Gasteiger partial charge in [0.25, 0.3) is 0 Å². The van der Waals surface area contributed by atoms with Crippen LogP contribution in [0.3, 0.4) is 0 Å². The highest BCUT2D eigenvalue weighted by Gasteiger charge is 2.16. The zero-order valence-electron chi connectivity index (χ0n) is 9.45. The van der Waals surface area contributed by atoms with Crippen molar-refractivity contribution >= 4 is 11.9 Å². The molecule has 1 atom stereocenters. The van der Waals surface area contributed by atoms with Gasteiger partial charge in [-0.05, 0) is 20.3 Å². The third-order valence-electron chi connectivity index (χ3n) is 1.82. The summed E-state index contributed by atoms with van der Waals surface area (Å²) < 4.78 is 5.18. The van der Waals surface area contributed by atoms with E-state index in [4.69, 9.17) is 9.84 Å². The largest absolute Gasteiger partial charge is 0.480 e. The Morgan fingerprint density at radius 1 is 1.40 bits per heavy atom. The lowest BCUT2D eigenvalue weighted by molar-refractivity contribution is -0.142. The number of hydrogen-bond acceptors (Lipinski definition) is 3. The summed E-state index contributed by atoms with van der Waals surface area (Å²) in [5.74, 6) is -1.29. The van der Waals surface area contributed by atoms with Crippen LogP contribution in [0.4, 0.5) is 0 Å². The molecule has 0 aliphatic heterocycles. The van der Waals surface area contributed by atoms with Gasteiger partial charge < -0.3 is 15.2 Å². The summed E-state index contributed by atoms with van der Waals surface area (Å²) in [7, 11) is 0. The number of carbonyl (C=O) groups is 2. The number of carbonyl (C=O) groups excluding carboxylic acids is 1. The van der Waals surface area contributed by atoms with Gasteiger partial charge in [0.2, 0.25) is 5.91 Å². The molecule has 15 heavy (non-hydrogen) atoms. The van der Waals surface area contributed by atoms with Gasteiger partial charge in [-0.2, -0.15) is 0 Å². The molecule has 88 valence electrons. The first-order valence-electron chi connectivity index (χ1n) is 5.11. The van der Waals surface area contributed by atoms with Gasteiger partial charge in [-0.1, -0.05) is 6.92 Å². The third-order valence-corrected chi connectivity index (χ3v) is 1.82. The average Bonchev–Trinajstić information content (AvgIpc) is 2.13. The fourth-order valence-corrected chi connectivity index (χ4v) is 0.992. The Balaban J connectivity index is 3.77. The van der Waals surface area contributed by atoms with Crippen molar-refractivity contribution in [3.63, 3.8) is 0 Å². The van der Waals surface area contributed by atoms with E-state index in [-0.39, 0.29) is 18.4 Å². The van der Waals surface area contributed by atoms with E-state index < -0.39 is 12.0 Å². The Labute approximate surface area is 89.8 Å². The van der Waals surface area contributed by atoms with Gasteiger partial charge in [0, 0.05) is 6.42 Å². The molecule has 0 spiro atoms. The van der Waals surface area contributed by atoms with Gasteiger partial charge >= 0.3 is 5.97 Å². The van der Waals surface area contributed by atoms with E-state index in [0.717, 1.165) is 0 Å². The van der Waals surface area contributed by atoms with Crippen molar-refractivity contribution in [2.75, 3.05) is 6.61 Å². The molecule has 5 nitrogen and oxygen atoms in total. The van der Waals surface area contributed by atoms with Crippen molar-refractivity contribution in [1.82, 2.24) is 5.32 Å². The number of hydrogen-bond donors (Lipinski definition) is 2. The van der Waals surface area contributed by atoms with Gasteiger partial charge in [0.15, 0.2) is 0 Å².